The number of nitriles is 1. The SMILES string of the molecule is COc1cc(-c2c(C#N)c(N)nc3sc(C(=O)N4CCC(Cc5ccccc5)CC4)c(N)c23)cc(OC)c1OC. The van der Waals surface area contributed by atoms with Crippen LogP contribution in [0, 0.1) is 17.2 Å². The first-order valence-electron chi connectivity index (χ1n) is 12.9. The fourth-order valence-corrected chi connectivity index (χ4v) is 6.47. The van der Waals surface area contributed by atoms with Gasteiger partial charge in [-0.3, -0.25) is 4.79 Å². The number of likely N-dealkylation sites (tertiary alicyclic amines) is 1. The van der Waals surface area contributed by atoms with E-state index < -0.39 is 0 Å². The first-order chi connectivity index (χ1) is 19.4. The summed E-state index contributed by atoms with van der Waals surface area (Å²) in [5.41, 5.74) is 15.7. The van der Waals surface area contributed by atoms with E-state index in [0.29, 0.717) is 62.5 Å². The van der Waals surface area contributed by atoms with Gasteiger partial charge in [-0.25, -0.2) is 4.98 Å². The van der Waals surface area contributed by atoms with Crippen molar-refractivity contribution in [3.05, 3.63) is 58.5 Å². The Morgan fingerprint density at radius 1 is 1.07 bits per heavy atom. The number of ether oxygens (including phenoxy) is 3. The molecular weight excluding hydrogens is 526 g/mol. The van der Waals surface area contributed by atoms with Gasteiger partial charge in [0.25, 0.3) is 5.91 Å². The van der Waals surface area contributed by atoms with E-state index in [1.165, 1.54) is 38.2 Å². The first kappa shape index (κ1) is 27.1. The summed E-state index contributed by atoms with van der Waals surface area (Å²) in [5, 5.41) is 10.6. The van der Waals surface area contributed by atoms with Gasteiger partial charge < -0.3 is 30.6 Å². The lowest BCUT2D eigenvalue weighted by atomic mass is 9.90. The van der Waals surface area contributed by atoms with Crippen molar-refractivity contribution in [1.82, 2.24) is 9.88 Å². The number of nitrogen functional groups attached to an aromatic ring is 2. The molecule has 0 radical (unpaired) electrons. The molecule has 0 spiro atoms. The molecule has 0 bridgehead atoms. The van der Waals surface area contributed by atoms with Crippen LogP contribution in [0.1, 0.15) is 33.6 Å². The van der Waals surface area contributed by atoms with E-state index in [-0.39, 0.29) is 23.0 Å². The summed E-state index contributed by atoms with van der Waals surface area (Å²) in [4.78, 5) is 20.9. The normalized spacial score (nSPS) is 13.7. The summed E-state index contributed by atoms with van der Waals surface area (Å²) in [7, 11) is 4.55. The summed E-state index contributed by atoms with van der Waals surface area (Å²) in [5.74, 6) is 1.68. The van der Waals surface area contributed by atoms with Gasteiger partial charge in [0.05, 0.1) is 27.0 Å². The van der Waals surface area contributed by atoms with Gasteiger partial charge in [-0.2, -0.15) is 5.26 Å². The van der Waals surface area contributed by atoms with Crippen molar-refractivity contribution in [3.8, 4) is 34.4 Å². The molecule has 4 aromatic rings. The zero-order valence-electron chi connectivity index (χ0n) is 22.7. The Morgan fingerprint density at radius 3 is 2.30 bits per heavy atom. The topological polar surface area (TPSA) is 137 Å². The van der Waals surface area contributed by atoms with Crippen LogP contribution in [0.4, 0.5) is 11.5 Å². The fraction of sp³-hybridized carbons (Fsp3) is 0.300. The number of methoxy groups -OCH3 is 3. The van der Waals surface area contributed by atoms with E-state index >= 15 is 0 Å². The number of pyridine rings is 1. The minimum atomic E-state index is -0.133. The summed E-state index contributed by atoms with van der Waals surface area (Å²) >= 11 is 1.19. The van der Waals surface area contributed by atoms with Crippen molar-refractivity contribution in [2.45, 2.75) is 19.3 Å². The van der Waals surface area contributed by atoms with E-state index in [9.17, 15) is 10.1 Å². The van der Waals surface area contributed by atoms with Crippen molar-refractivity contribution < 1.29 is 19.0 Å². The number of hydrogen-bond donors (Lipinski definition) is 2. The molecule has 40 heavy (non-hydrogen) atoms. The lowest BCUT2D eigenvalue weighted by Gasteiger charge is -2.32. The van der Waals surface area contributed by atoms with E-state index in [1.807, 2.05) is 11.0 Å². The molecule has 2 aromatic heterocycles. The van der Waals surface area contributed by atoms with Crippen LogP contribution >= 0.6 is 11.3 Å². The molecule has 5 rings (SSSR count). The average molecular weight is 558 g/mol. The molecule has 1 amide bonds. The average Bonchev–Trinajstić information content (AvgIpc) is 3.31. The number of fused-ring (bicyclic) bond motifs is 1. The Balaban J connectivity index is 1.52. The zero-order valence-corrected chi connectivity index (χ0v) is 23.5. The van der Waals surface area contributed by atoms with Crippen molar-refractivity contribution in [2.24, 2.45) is 5.92 Å². The highest BCUT2D eigenvalue weighted by molar-refractivity contribution is 7.21. The van der Waals surface area contributed by atoms with Crippen LogP contribution in [0.25, 0.3) is 21.3 Å². The van der Waals surface area contributed by atoms with Crippen LogP contribution in [0.5, 0.6) is 17.2 Å². The molecule has 0 atom stereocenters. The Morgan fingerprint density at radius 2 is 1.73 bits per heavy atom. The number of hydrogen-bond acceptors (Lipinski definition) is 9. The zero-order chi connectivity index (χ0) is 28.4. The molecule has 1 aliphatic heterocycles. The summed E-state index contributed by atoms with van der Waals surface area (Å²) in [6.45, 7) is 1.31. The Labute approximate surface area is 236 Å². The monoisotopic (exact) mass is 557 g/mol. The third-order valence-electron chi connectivity index (χ3n) is 7.43. The van der Waals surface area contributed by atoms with Crippen LogP contribution in [0.15, 0.2) is 42.5 Å². The third-order valence-corrected chi connectivity index (χ3v) is 8.52. The molecule has 206 valence electrons. The van der Waals surface area contributed by atoms with Crippen LogP contribution in [0.2, 0.25) is 0 Å². The predicted octanol–water partition coefficient (Wildman–Crippen LogP) is 5.12. The fourth-order valence-electron chi connectivity index (χ4n) is 5.39. The number of nitrogens with zero attached hydrogens (tertiary/aromatic N) is 3. The second-order valence-electron chi connectivity index (χ2n) is 9.72. The van der Waals surface area contributed by atoms with Crippen molar-refractivity contribution in [3.63, 3.8) is 0 Å². The highest BCUT2D eigenvalue weighted by Crippen LogP contribution is 2.47. The number of piperidine rings is 1. The van der Waals surface area contributed by atoms with Gasteiger partial charge in [-0.1, -0.05) is 30.3 Å². The maximum Gasteiger partial charge on any atom is 0.266 e. The second kappa shape index (κ2) is 11.3. The van der Waals surface area contributed by atoms with Crippen LogP contribution in [-0.2, 0) is 6.42 Å². The first-order valence-corrected chi connectivity index (χ1v) is 13.8. The number of amides is 1. The Bertz CT molecular complexity index is 1580. The van der Waals surface area contributed by atoms with Gasteiger partial charge in [-0.15, -0.1) is 11.3 Å². The molecule has 9 nitrogen and oxygen atoms in total. The van der Waals surface area contributed by atoms with Crippen LogP contribution in [-0.4, -0.2) is 50.2 Å². The molecule has 1 saturated heterocycles. The number of carbonyl (C=O) groups excluding carboxylic acids is 1. The van der Waals surface area contributed by atoms with Crippen molar-refractivity contribution in [1.29, 1.82) is 5.26 Å². The molecule has 0 unspecified atom stereocenters. The van der Waals surface area contributed by atoms with Crippen LogP contribution < -0.4 is 25.7 Å². The smallest absolute Gasteiger partial charge is 0.266 e. The Hall–Kier alpha value is -4.49. The maximum atomic E-state index is 13.7. The Kier molecular flexibility index (Phi) is 7.67. The number of rotatable bonds is 7. The summed E-state index contributed by atoms with van der Waals surface area (Å²) in [6.07, 6.45) is 2.85. The van der Waals surface area contributed by atoms with E-state index in [4.69, 9.17) is 25.7 Å². The van der Waals surface area contributed by atoms with Crippen LogP contribution in [0.3, 0.4) is 0 Å². The van der Waals surface area contributed by atoms with Gasteiger partial charge in [0.1, 0.15) is 27.2 Å². The van der Waals surface area contributed by atoms with E-state index in [1.54, 1.807) is 12.1 Å². The molecule has 0 aliphatic carbocycles. The minimum absolute atomic E-state index is 0.0562. The molecule has 3 heterocycles. The molecule has 2 aromatic carbocycles. The summed E-state index contributed by atoms with van der Waals surface area (Å²) in [6, 6.07) is 16.1. The lowest BCUT2D eigenvalue weighted by Crippen LogP contribution is -2.38. The number of thiophene rings is 1. The molecule has 1 fully saturated rings. The van der Waals surface area contributed by atoms with Gasteiger partial charge >= 0.3 is 0 Å². The molecular formula is C30H31N5O4S. The highest BCUT2D eigenvalue weighted by Gasteiger charge is 2.30. The van der Waals surface area contributed by atoms with Gasteiger partial charge in [0.2, 0.25) is 5.75 Å². The molecule has 10 heteroatoms. The molecule has 4 N–H and O–H groups in total. The third kappa shape index (κ3) is 4.84. The predicted molar refractivity (Wildman–Crippen MR) is 157 cm³/mol. The number of anilines is 2. The standard InChI is InChI=1S/C30H31N5O4S/c1-37-21-14-19(15-22(38-2)26(21)39-3)23-20(16-31)28(33)34-29-24(23)25(32)27(40-29)30(36)35-11-9-18(10-12-35)13-17-7-5-4-6-8-17/h4-8,14-15,18H,9-13,32H2,1-3H3,(H2,33,34). The molecule has 0 saturated carbocycles. The number of benzene rings is 2. The van der Waals surface area contributed by atoms with Crippen molar-refractivity contribution in [2.75, 3.05) is 45.9 Å². The van der Waals surface area contributed by atoms with Gasteiger partial charge in [0, 0.05) is 24.0 Å². The second-order valence-corrected chi connectivity index (χ2v) is 10.7. The number of nitrogens with two attached hydrogens (primary N) is 2. The number of carbonyl (C=O) groups is 1. The van der Waals surface area contributed by atoms with Gasteiger partial charge in [0.15, 0.2) is 11.5 Å². The number of aromatic nitrogens is 1. The minimum Gasteiger partial charge on any atom is -0.493 e. The lowest BCUT2D eigenvalue weighted by molar-refractivity contribution is 0.0696. The highest BCUT2D eigenvalue weighted by atomic mass is 32.1. The maximum absolute atomic E-state index is 13.7. The van der Waals surface area contributed by atoms with E-state index in [0.717, 1.165) is 19.3 Å². The largest absolute Gasteiger partial charge is 0.493 e. The van der Waals surface area contributed by atoms with Gasteiger partial charge in [-0.05, 0) is 48.4 Å². The quantitative estimate of drug-likeness (QED) is 0.319. The molecule has 1 aliphatic rings. The van der Waals surface area contributed by atoms with Crippen molar-refractivity contribution >= 4 is 39.0 Å². The summed E-state index contributed by atoms with van der Waals surface area (Å²) < 4.78 is 16.5. The van der Waals surface area contributed by atoms with E-state index in [2.05, 4.69) is 35.3 Å².